The van der Waals surface area contributed by atoms with Crippen molar-refractivity contribution in [1.29, 1.82) is 0 Å². The number of carbonyl (C=O) groups is 1. The maximum absolute atomic E-state index is 12.9. The second-order valence-electron chi connectivity index (χ2n) is 7.49. The standard InChI is InChI=1S/C24H19ClN6O4/c1-2-34-18-11-9-17(10-12-18)26-20(32)14-31-24(33)30-13-3-4-19(22(30)28-31)23-27-21(29-35-23)15-5-7-16(25)8-6-15/h3-13H,2,14H2,1H3,(H,26,32). The summed E-state index contributed by atoms with van der Waals surface area (Å²) in [6, 6.07) is 17.4. The van der Waals surface area contributed by atoms with E-state index in [4.69, 9.17) is 20.9 Å². The number of halogens is 1. The van der Waals surface area contributed by atoms with Crippen LogP contribution in [0.2, 0.25) is 5.02 Å². The second kappa shape index (κ2) is 9.43. The summed E-state index contributed by atoms with van der Waals surface area (Å²) in [6.07, 6.45) is 1.56. The van der Waals surface area contributed by atoms with Gasteiger partial charge in [-0.1, -0.05) is 16.8 Å². The van der Waals surface area contributed by atoms with Crippen molar-refractivity contribution in [3.05, 3.63) is 82.4 Å². The summed E-state index contributed by atoms with van der Waals surface area (Å²) in [4.78, 5) is 29.9. The minimum Gasteiger partial charge on any atom is -0.494 e. The molecule has 0 atom stereocenters. The Labute approximate surface area is 203 Å². The molecule has 0 unspecified atom stereocenters. The summed E-state index contributed by atoms with van der Waals surface area (Å²) >= 11 is 5.94. The van der Waals surface area contributed by atoms with Crippen molar-refractivity contribution in [2.75, 3.05) is 11.9 Å². The average Bonchev–Trinajstić information content (AvgIpc) is 3.46. The maximum Gasteiger partial charge on any atom is 0.350 e. The lowest BCUT2D eigenvalue weighted by Crippen LogP contribution is -2.28. The number of rotatable bonds is 7. The number of hydrogen-bond acceptors (Lipinski definition) is 7. The molecule has 0 fully saturated rings. The highest BCUT2D eigenvalue weighted by molar-refractivity contribution is 6.30. The predicted molar refractivity (Wildman–Crippen MR) is 129 cm³/mol. The molecular weight excluding hydrogens is 472 g/mol. The third-order valence-electron chi connectivity index (χ3n) is 5.11. The van der Waals surface area contributed by atoms with E-state index < -0.39 is 11.6 Å². The van der Waals surface area contributed by atoms with Crippen LogP contribution in [-0.2, 0) is 11.3 Å². The minimum atomic E-state index is -0.471. The molecule has 176 valence electrons. The molecule has 1 N–H and O–H groups in total. The van der Waals surface area contributed by atoms with Crippen LogP contribution in [0.25, 0.3) is 28.5 Å². The quantitative estimate of drug-likeness (QED) is 0.367. The van der Waals surface area contributed by atoms with E-state index in [0.717, 1.165) is 10.2 Å². The Hall–Kier alpha value is -4.44. The first kappa shape index (κ1) is 22.4. The molecule has 0 saturated carbocycles. The first-order valence-corrected chi connectivity index (χ1v) is 11.1. The molecule has 0 aliphatic carbocycles. The lowest BCUT2D eigenvalue weighted by atomic mass is 10.2. The van der Waals surface area contributed by atoms with Crippen LogP contribution in [0.1, 0.15) is 6.92 Å². The third-order valence-corrected chi connectivity index (χ3v) is 5.36. The van der Waals surface area contributed by atoms with Crippen molar-refractivity contribution < 1.29 is 14.1 Å². The van der Waals surface area contributed by atoms with Gasteiger partial charge in [0.1, 0.15) is 12.3 Å². The summed E-state index contributed by atoms with van der Waals surface area (Å²) < 4.78 is 13.2. The number of amides is 1. The molecular formula is C24H19ClN6O4. The van der Waals surface area contributed by atoms with Crippen LogP contribution in [0.4, 0.5) is 5.69 Å². The molecule has 0 saturated heterocycles. The number of anilines is 1. The Balaban J connectivity index is 1.39. The van der Waals surface area contributed by atoms with Gasteiger partial charge in [0.15, 0.2) is 5.65 Å². The molecule has 0 radical (unpaired) electrons. The zero-order valence-corrected chi connectivity index (χ0v) is 19.3. The summed E-state index contributed by atoms with van der Waals surface area (Å²) in [5, 5.41) is 11.7. The molecule has 0 spiro atoms. The largest absolute Gasteiger partial charge is 0.494 e. The number of fused-ring (bicyclic) bond motifs is 1. The molecule has 1 amide bonds. The van der Waals surface area contributed by atoms with Crippen molar-refractivity contribution in [1.82, 2.24) is 24.3 Å². The highest BCUT2D eigenvalue weighted by Gasteiger charge is 2.18. The van der Waals surface area contributed by atoms with Gasteiger partial charge in [-0.2, -0.15) is 4.98 Å². The van der Waals surface area contributed by atoms with Gasteiger partial charge in [-0.3, -0.25) is 4.79 Å². The van der Waals surface area contributed by atoms with Crippen molar-refractivity contribution in [3.8, 4) is 28.6 Å². The molecule has 2 aromatic carbocycles. The SMILES string of the molecule is CCOc1ccc(NC(=O)Cn2nc3c(-c4nc(-c5ccc(Cl)cc5)no4)cccn3c2=O)cc1. The molecule has 11 heteroatoms. The van der Waals surface area contributed by atoms with Crippen LogP contribution in [-0.4, -0.2) is 36.8 Å². The van der Waals surface area contributed by atoms with E-state index in [2.05, 4.69) is 20.6 Å². The number of aromatic nitrogens is 5. The first-order chi connectivity index (χ1) is 17.0. The molecule has 3 aromatic heterocycles. The minimum absolute atomic E-state index is 0.191. The lowest BCUT2D eigenvalue weighted by molar-refractivity contribution is -0.117. The van der Waals surface area contributed by atoms with E-state index in [1.165, 1.54) is 4.40 Å². The number of pyridine rings is 1. The van der Waals surface area contributed by atoms with Gasteiger partial charge in [0, 0.05) is 22.5 Å². The summed E-state index contributed by atoms with van der Waals surface area (Å²) in [5.74, 6) is 0.866. The number of nitrogens with zero attached hydrogens (tertiary/aromatic N) is 5. The van der Waals surface area contributed by atoms with Gasteiger partial charge in [-0.15, -0.1) is 5.10 Å². The lowest BCUT2D eigenvalue weighted by Gasteiger charge is -2.06. The van der Waals surface area contributed by atoms with Crippen molar-refractivity contribution in [2.24, 2.45) is 0 Å². The smallest absolute Gasteiger partial charge is 0.350 e. The monoisotopic (exact) mass is 490 g/mol. The van der Waals surface area contributed by atoms with Gasteiger partial charge in [-0.25, -0.2) is 13.9 Å². The summed E-state index contributed by atoms with van der Waals surface area (Å²) in [5.41, 5.74) is 1.59. The highest BCUT2D eigenvalue weighted by Crippen LogP contribution is 2.25. The normalized spacial score (nSPS) is 11.0. The van der Waals surface area contributed by atoms with E-state index >= 15 is 0 Å². The van der Waals surface area contributed by atoms with Gasteiger partial charge in [-0.05, 0) is 67.6 Å². The Morgan fingerprint density at radius 2 is 1.89 bits per heavy atom. The van der Waals surface area contributed by atoms with Gasteiger partial charge in [0.2, 0.25) is 11.7 Å². The molecule has 0 aliphatic heterocycles. The Morgan fingerprint density at radius 1 is 1.11 bits per heavy atom. The molecule has 5 rings (SSSR count). The van der Waals surface area contributed by atoms with Gasteiger partial charge in [0.05, 0.1) is 12.2 Å². The van der Waals surface area contributed by atoms with Crippen molar-refractivity contribution in [2.45, 2.75) is 13.5 Å². The first-order valence-electron chi connectivity index (χ1n) is 10.7. The number of benzene rings is 2. The second-order valence-corrected chi connectivity index (χ2v) is 7.93. The Kier molecular flexibility index (Phi) is 6.02. The molecule has 5 aromatic rings. The molecule has 3 heterocycles. The number of hydrogen-bond donors (Lipinski definition) is 1. The van der Waals surface area contributed by atoms with E-state index in [1.807, 2.05) is 6.92 Å². The Morgan fingerprint density at radius 3 is 2.63 bits per heavy atom. The topological polar surface area (TPSA) is 117 Å². The van der Waals surface area contributed by atoms with Crippen molar-refractivity contribution in [3.63, 3.8) is 0 Å². The van der Waals surface area contributed by atoms with Gasteiger partial charge in [0.25, 0.3) is 5.89 Å². The fraction of sp³-hybridized carbons (Fsp3) is 0.125. The summed E-state index contributed by atoms with van der Waals surface area (Å²) in [7, 11) is 0. The highest BCUT2D eigenvalue weighted by atomic mass is 35.5. The zero-order valence-electron chi connectivity index (χ0n) is 18.5. The van der Waals surface area contributed by atoms with Crippen LogP contribution in [0.3, 0.4) is 0 Å². The van der Waals surface area contributed by atoms with E-state index in [9.17, 15) is 9.59 Å². The van der Waals surface area contributed by atoms with Crippen LogP contribution in [0.15, 0.2) is 76.2 Å². The van der Waals surface area contributed by atoms with Crippen LogP contribution in [0.5, 0.6) is 5.75 Å². The molecule has 35 heavy (non-hydrogen) atoms. The van der Waals surface area contributed by atoms with Crippen LogP contribution >= 0.6 is 11.6 Å². The fourth-order valence-corrected chi connectivity index (χ4v) is 3.62. The van der Waals surface area contributed by atoms with Gasteiger partial charge >= 0.3 is 5.69 Å². The van der Waals surface area contributed by atoms with Crippen LogP contribution in [0, 0.1) is 0 Å². The number of nitrogens with one attached hydrogen (secondary N) is 1. The fourth-order valence-electron chi connectivity index (χ4n) is 3.49. The van der Waals surface area contributed by atoms with E-state index in [-0.39, 0.29) is 18.1 Å². The summed E-state index contributed by atoms with van der Waals surface area (Å²) in [6.45, 7) is 2.17. The van der Waals surface area contributed by atoms with Crippen LogP contribution < -0.4 is 15.7 Å². The number of carbonyl (C=O) groups excluding carboxylic acids is 1. The van der Waals surface area contributed by atoms with Crippen molar-refractivity contribution >= 4 is 28.8 Å². The maximum atomic E-state index is 12.9. The molecule has 0 bridgehead atoms. The molecule has 10 nitrogen and oxygen atoms in total. The number of ether oxygens (including phenoxy) is 1. The van der Waals surface area contributed by atoms with E-state index in [0.29, 0.717) is 34.5 Å². The molecule has 0 aliphatic rings. The van der Waals surface area contributed by atoms with Gasteiger partial charge < -0.3 is 14.6 Å². The zero-order chi connectivity index (χ0) is 24.4. The predicted octanol–water partition coefficient (Wildman–Crippen LogP) is 3.90. The van der Waals surface area contributed by atoms with E-state index in [1.54, 1.807) is 66.9 Å². The third kappa shape index (κ3) is 4.64. The average molecular weight is 491 g/mol. The Bertz CT molecular complexity index is 1550.